The van der Waals surface area contributed by atoms with Gasteiger partial charge in [0.05, 0.1) is 17.3 Å². The van der Waals surface area contributed by atoms with Gasteiger partial charge in [0, 0.05) is 37.7 Å². The molecule has 1 aliphatic heterocycles. The van der Waals surface area contributed by atoms with Crippen LogP contribution in [0.1, 0.15) is 65.6 Å². The quantitative estimate of drug-likeness (QED) is 0.486. The molecule has 1 aromatic heterocycles. The molecular formula is C22H36ClFN2O3Si. The Balaban J connectivity index is 2.04. The van der Waals surface area contributed by atoms with Crippen LogP contribution < -0.4 is 0 Å². The van der Waals surface area contributed by atoms with E-state index in [0.717, 1.165) is 0 Å². The molecule has 2 rings (SSSR count). The summed E-state index contributed by atoms with van der Waals surface area (Å²) in [5, 5.41) is 0.502. The van der Waals surface area contributed by atoms with Gasteiger partial charge in [-0.2, -0.15) is 0 Å². The minimum Gasteiger partial charge on any atom is -0.444 e. The number of ether oxygens (including phenoxy) is 1. The molecule has 5 nitrogen and oxygen atoms in total. The first-order valence-electron chi connectivity index (χ1n) is 10.5. The van der Waals surface area contributed by atoms with E-state index >= 15 is 4.39 Å². The summed E-state index contributed by atoms with van der Waals surface area (Å²) in [6.45, 7) is 17.2. The number of halogens is 2. The number of rotatable bonds is 4. The van der Waals surface area contributed by atoms with E-state index in [-0.39, 0.29) is 17.9 Å². The van der Waals surface area contributed by atoms with E-state index in [4.69, 9.17) is 20.8 Å². The predicted octanol–water partition coefficient (Wildman–Crippen LogP) is 6.45. The zero-order chi connectivity index (χ0) is 23.0. The molecule has 0 unspecified atom stereocenters. The minimum absolute atomic E-state index is 0.0878. The van der Waals surface area contributed by atoms with Crippen molar-refractivity contribution in [3.8, 4) is 0 Å². The summed E-state index contributed by atoms with van der Waals surface area (Å²) in [6, 6.07) is 1.65. The molecule has 1 aliphatic rings. The molecule has 8 heteroatoms. The third-order valence-electron chi connectivity index (χ3n) is 6.02. The van der Waals surface area contributed by atoms with E-state index in [1.54, 1.807) is 17.2 Å². The number of hydrogen-bond acceptors (Lipinski definition) is 4. The highest BCUT2D eigenvalue weighted by Crippen LogP contribution is 2.39. The van der Waals surface area contributed by atoms with Gasteiger partial charge in [0.1, 0.15) is 11.3 Å². The Morgan fingerprint density at radius 1 is 1.23 bits per heavy atom. The summed E-state index contributed by atoms with van der Waals surface area (Å²) in [5.74, 6) is 0. The van der Waals surface area contributed by atoms with Gasteiger partial charge in [0.25, 0.3) is 0 Å². The second-order valence-electron chi connectivity index (χ2n) is 10.6. The van der Waals surface area contributed by atoms with Gasteiger partial charge >= 0.3 is 6.09 Å². The number of pyridine rings is 1. The van der Waals surface area contributed by atoms with E-state index in [9.17, 15) is 4.79 Å². The van der Waals surface area contributed by atoms with E-state index < -0.39 is 25.7 Å². The van der Waals surface area contributed by atoms with Gasteiger partial charge in [0.2, 0.25) is 0 Å². The van der Waals surface area contributed by atoms with Gasteiger partial charge < -0.3 is 14.1 Å². The molecule has 0 aliphatic carbocycles. The van der Waals surface area contributed by atoms with Crippen LogP contribution in [0.5, 0.6) is 0 Å². The van der Waals surface area contributed by atoms with Gasteiger partial charge in [0.15, 0.2) is 8.32 Å². The van der Waals surface area contributed by atoms with Crippen LogP contribution in [0.4, 0.5) is 9.18 Å². The molecule has 0 radical (unpaired) electrons. The van der Waals surface area contributed by atoms with Gasteiger partial charge in [-0.3, -0.25) is 4.98 Å². The number of likely N-dealkylation sites (tertiary alicyclic amines) is 1. The molecule has 1 saturated heterocycles. The third-order valence-corrected chi connectivity index (χ3v) is 10.8. The number of carbonyl (C=O) groups excluding carboxylic acids is 1. The average molecular weight is 459 g/mol. The number of alkyl halides is 1. The minimum atomic E-state index is -1.93. The molecule has 0 spiro atoms. The SMILES string of the molecule is CC(C)(C)OC(=O)N1CCC(F)(c2cnc(CO[Si](C)(C)C(C)(C)C)c(Cl)c2)CC1. The molecule has 30 heavy (non-hydrogen) atoms. The van der Waals surface area contributed by atoms with Crippen molar-refractivity contribution in [1.82, 2.24) is 9.88 Å². The van der Waals surface area contributed by atoms with Crippen molar-refractivity contribution in [3.05, 3.63) is 28.5 Å². The number of aromatic nitrogens is 1. The smallest absolute Gasteiger partial charge is 0.410 e. The van der Waals surface area contributed by atoms with Crippen LogP contribution in [-0.2, 0) is 21.4 Å². The molecule has 1 amide bonds. The number of hydrogen-bond donors (Lipinski definition) is 0. The fourth-order valence-corrected chi connectivity index (χ4v) is 4.09. The summed E-state index contributed by atoms with van der Waals surface area (Å²) >= 11 is 6.43. The average Bonchev–Trinajstić information content (AvgIpc) is 2.58. The zero-order valence-corrected chi connectivity index (χ0v) is 21.3. The Bertz CT molecular complexity index is 767. The van der Waals surface area contributed by atoms with Crippen molar-refractivity contribution in [1.29, 1.82) is 0 Å². The molecule has 0 bridgehead atoms. The first-order valence-corrected chi connectivity index (χ1v) is 13.8. The second-order valence-corrected chi connectivity index (χ2v) is 15.9. The van der Waals surface area contributed by atoms with Crippen LogP contribution in [0.2, 0.25) is 23.2 Å². The highest BCUT2D eigenvalue weighted by molar-refractivity contribution is 6.74. The van der Waals surface area contributed by atoms with Crippen LogP contribution in [0.3, 0.4) is 0 Å². The number of nitrogens with zero attached hydrogens (tertiary/aromatic N) is 2. The standard InChI is InChI=1S/C22H36ClFN2O3Si/c1-20(2,3)29-19(27)26-11-9-22(24,10-12-26)16-13-17(23)18(25-14-16)15-28-30(7,8)21(4,5)6/h13-14H,9-12,15H2,1-8H3. The molecule has 170 valence electrons. The van der Waals surface area contributed by atoms with E-state index in [1.165, 1.54) is 0 Å². The maximum atomic E-state index is 15.6. The van der Waals surface area contributed by atoms with Crippen LogP contribution in [0, 0.1) is 0 Å². The second kappa shape index (κ2) is 8.75. The number of carbonyl (C=O) groups is 1. The predicted molar refractivity (Wildman–Crippen MR) is 121 cm³/mol. The topological polar surface area (TPSA) is 51.7 Å². The van der Waals surface area contributed by atoms with Crippen molar-refractivity contribution in [2.45, 2.75) is 90.4 Å². The lowest BCUT2D eigenvalue weighted by molar-refractivity contribution is 0.00212. The van der Waals surface area contributed by atoms with Crippen molar-refractivity contribution in [2.24, 2.45) is 0 Å². The number of amides is 1. The normalized spacial score (nSPS) is 17.7. The van der Waals surface area contributed by atoms with Gasteiger partial charge in [-0.25, -0.2) is 9.18 Å². The third kappa shape index (κ3) is 6.17. The van der Waals surface area contributed by atoms with Crippen LogP contribution >= 0.6 is 11.6 Å². The Labute approximate surface area is 186 Å². The summed E-state index contributed by atoms with van der Waals surface area (Å²) < 4.78 is 27.2. The Hall–Kier alpha value is -1.18. The molecule has 0 saturated carbocycles. The lowest BCUT2D eigenvalue weighted by Gasteiger charge is -2.37. The van der Waals surface area contributed by atoms with Crippen molar-refractivity contribution >= 4 is 26.0 Å². The molecule has 1 fully saturated rings. The van der Waals surface area contributed by atoms with Crippen LogP contribution in [0.25, 0.3) is 0 Å². The van der Waals surface area contributed by atoms with Crippen molar-refractivity contribution in [2.75, 3.05) is 13.1 Å². The highest BCUT2D eigenvalue weighted by atomic mass is 35.5. The lowest BCUT2D eigenvalue weighted by atomic mass is 9.87. The zero-order valence-electron chi connectivity index (χ0n) is 19.6. The number of piperidine rings is 1. The Morgan fingerprint density at radius 3 is 2.27 bits per heavy atom. The fourth-order valence-electron chi connectivity index (χ4n) is 2.94. The maximum absolute atomic E-state index is 15.6. The molecule has 0 atom stereocenters. The van der Waals surface area contributed by atoms with Crippen LogP contribution in [0.15, 0.2) is 12.3 Å². The maximum Gasteiger partial charge on any atom is 0.410 e. The summed E-state index contributed by atoms with van der Waals surface area (Å²) in [7, 11) is -1.93. The van der Waals surface area contributed by atoms with Gasteiger partial charge in [-0.05, 0) is 45.0 Å². The molecule has 1 aromatic rings. The summed E-state index contributed by atoms with van der Waals surface area (Å²) in [5.41, 5.74) is -1.05. The van der Waals surface area contributed by atoms with E-state index in [1.807, 2.05) is 20.8 Å². The van der Waals surface area contributed by atoms with E-state index in [0.29, 0.717) is 36.0 Å². The van der Waals surface area contributed by atoms with Crippen molar-refractivity contribution in [3.63, 3.8) is 0 Å². The first-order chi connectivity index (χ1) is 13.5. The summed E-state index contributed by atoms with van der Waals surface area (Å²) in [4.78, 5) is 18.2. The molecular weight excluding hydrogens is 423 g/mol. The molecule has 0 N–H and O–H groups in total. The monoisotopic (exact) mass is 458 g/mol. The highest BCUT2D eigenvalue weighted by Gasteiger charge is 2.40. The van der Waals surface area contributed by atoms with Gasteiger partial charge in [-0.15, -0.1) is 0 Å². The Kier molecular flexibility index (Phi) is 7.31. The lowest BCUT2D eigenvalue weighted by Crippen LogP contribution is -2.45. The molecule has 0 aromatic carbocycles. The largest absolute Gasteiger partial charge is 0.444 e. The first kappa shape index (κ1) is 25.1. The summed E-state index contributed by atoms with van der Waals surface area (Å²) in [6.07, 6.45) is 1.52. The fraction of sp³-hybridized carbons (Fsp3) is 0.727. The van der Waals surface area contributed by atoms with Crippen LogP contribution in [-0.4, -0.2) is 43.0 Å². The van der Waals surface area contributed by atoms with E-state index in [2.05, 4.69) is 38.8 Å². The molecule has 2 heterocycles. The van der Waals surface area contributed by atoms with Crippen molar-refractivity contribution < 1.29 is 18.3 Å². The van der Waals surface area contributed by atoms with Gasteiger partial charge in [-0.1, -0.05) is 32.4 Å². The Morgan fingerprint density at radius 2 is 1.80 bits per heavy atom.